The molecule has 14 heavy (non-hydrogen) atoms. The third-order valence-corrected chi connectivity index (χ3v) is 2.73. The molecule has 0 radical (unpaired) electrons. The van der Waals surface area contributed by atoms with Crippen LogP contribution in [0.5, 0.6) is 0 Å². The smallest absolute Gasteiger partial charge is 0.180 e. The minimum absolute atomic E-state index is 0.0663. The Labute approximate surface area is 98.8 Å². The molecule has 0 aliphatic rings. The van der Waals surface area contributed by atoms with Crippen LogP contribution in [0.25, 0.3) is 0 Å². The first kappa shape index (κ1) is 11.4. The monoisotopic (exact) mass is 323 g/mol. The van der Waals surface area contributed by atoms with Gasteiger partial charge in [0.15, 0.2) is 5.78 Å². The number of carbonyl (C=O) groups is 1. The Hall–Kier alpha value is -0.670. The second-order valence-corrected chi connectivity index (χ2v) is 3.91. The van der Waals surface area contributed by atoms with Crippen LogP contribution in [0.4, 0.5) is 4.39 Å². The number of ketones is 1. The molecule has 2 nitrogen and oxygen atoms in total. The minimum atomic E-state index is -0.701. The zero-order valence-corrected chi connectivity index (χ0v) is 9.76. The average molecular weight is 323 g/mol. The molecule has 0 aliphatic carbocycles. The van der Waals surface area contributed by atoms with E-state index in [1.807, 2.05) is 28.7 Å². The molecule has 1 aromatic rings. The molecule has 0 bridgehead atoms. The molecule has 0 spiro atoms. The summed E-state index contributed by atoms with van der Waals surface area (Å²) in [6.45, 7) is 0. The third kappa shape index (κ3) is 2.22. The minimum Gasteiger partial charge on any atom is -0.293 e. The van der Waals surface area contributed by atoms with Crippen molar-refractivity contribution >= 4 is 40.0 Å². The maximum absolute atomic E-state index is 13.2. The molecular weight excluding hydrogens is 319 g/mol. The molecule has 0 atom stereocenters. The van der Waals surface area contributed by atoms with Gasteiger partial charge in [-0.15, -0.1) is 11.6 Å². The highest BCUT2D eigenvalue weighted by molar-refractivity contribution is 14.1. The highest BCUT2D eigenvalue weighted by Crippen LogP contribution is 2.18. The van der Waals surface area contributed by atoms with Crippen molar-refractivity contribution in [2.75, 3.05) is 5.88 Å². The van der Waals surface area contributed by atoms with Gasteiger partial charge in [0.2, 0.25) is 0 Å². The highest BCUT2D eigenvalue weighted by atomic mass is 127. The van der Waals surface area contributed by atoms with Crippen LogP contribution in [0.3, 0.4) is 0 Å². The second-order valence-electron chi connectivity index (χ2n) is 2.48. The first-order valence-electron chi connectivity index (χ1n) is 3.58. The normalized spacial score (nSPS) is 9.57. The Morgan fingerprint density at radius 1 is 1.64 bits per heavy atom. The van der Waals surface area contributed by atoms with E-state index in [9.17, 15) is 9.18 Å². The first-order valence-corrected chi connectivity index (χ1v) is 5.19. The Morgan fingerprint density at radius 3 is 2.79 bits per heavy atom. The van der Waals surface area contributed by atoms with Crippen molar-refractivity contribution in [3.8, 4) is 6.07 Å². The first-order chi connectivity index (χ1) is 6.60. The number of benzene rings is 1. The molecule has 0 N–H and O–H groups in total. The SMILES string of the molecule is N#Cc1cc(F)c(C(=O)CCl)cc1I. The van der Waals surface area contributed by atoms with Gasteiger partial charge in [-0.25, -0.2) is 4.39 Å². The number of rotatable bonds is 2. The number of alkyl halides is 1. The number of Topliss-reactive ketones (excluding diaryl/α,β-unsaturated/α-hetero) is 1. The molecule has 1 aromatic carbocycles. The Bertz CT molecular complexity index is 428. The topological polar surface area (TPSA) is 40.9 Å². The standard InChI is InChI=1S/C9H4ClFINO/c10-3-9(14)6-2-8(12)5(4-13)1-7(6)11/h1-2H,3H2. The van der Waals surface area contributed by atoms with Crippen molar-refractivity contribution in [1.82, 2.24) is 0 Å². The second kappa shape index (κ2) is 4.71. The number of halogens is 3. The van der Waals surface area contributed by atoms with Crippen molar-refractivity contribution in [1.29, 1.82) is 5.26 Å². The van der Waals surface area contributed by atoms with Gasteiger partial charge in [-0.1, -0.05) is 0 Å². The van der Waals surface area contributed by atoms with Crippen LogP contribution in [0.2, 0.25) is 0 Å². The number of carbonyl (C=O) groups excluding carboxylic acids is 1. The van der Waals surface area contributed by atoms with Gasteiger partial charge in [-0.05, 0) is 34.7 Å². The molecule has 0 saturated heterocycles. The predicted molar refractivity (Wildman–Crippen MR) is 58.9 cm³/mol. The van der Waals surface area contributed by atoms with Gasteiger partial charge in [-0.3, -0.25) is 4.79 Å². The van der Waals surface area contributed by atoms with Crippen molar-refractivity contribution in [3.05, 3.63) is 32.6 Å². The van der Waals surface area contributed by atoms with Gasteiger partial charge in [0.1, 0.15) is 11.9 Å². The van der Waals surface area contributed by atoms with E-state index in [0.717, 1.165) is 6.07 Å². The van der Waals surface area contributed by atoms with Crippen LogP contribution < -0.4 is 0 Å². The lowest BCUT2D eigenvalue weighted by Crippen LogP contribution is -2.05. The van der Waals surface area contributed by atoms with E-state index in [1.54, 1.807) is 0 Å². The predicted octanol–water partition coefficient (Wildman–Crippen LogP) is 2.72. The van der Waals surface area contributed by atoms with E-state index in [4.69, 9.17) is 16.9 Å². The van der Waals surface area contributed by atoms with Crippen molar-refractivity contribution < 1.29 is 9.18 Å². The van der Waals surface area contributed by atoms with Gasteiger partial charge in [-0.2, -0.15) is 5.26 Å². The summed E-state index contributed by atoms with van der Waals surface area (Å²) in [6.07, 6.45) is 0. The molecule has 5 heteroatoms. The molecular formula is C9H4ClFINO. The molecule has 0 fully saturated rings. The fraction of sp³-hybridized carbons (Fsp3) is 0.111. The van der Waals surface area contributed by atoms with Gasteiger partial charge in [0.25, 0.3) is 0 Å². The van der Waals surface area contributed by atoms with Crippen LogP contribution in [-0.2, 0) is 0 Å². The summed E-state index contributed by atoms with van der Waals surface area (Å²) in [5.41, 5.74) is 0.151. The number of hydrogen-bond donors (Lipinski definition) is 0. The third-order valence-electron chi connectivity index (χ3n) is 1.60. The van der Waals surface area contributed by atoms with E-state index in [2.05, 4.69) is 0 Å². The van der Waals surface area contributed by atoms with E-state index < -0.39 is 11.6 Å². The number of nitrogens with zero attached hydrogens (tertiary/aromatic N) is 1. The van der Waals surface area contributed by atoms with Gasteiger partial charge < -0.3 is 0 Å². The highest BCUT2D eigenvalue weighted by Gasteiger charge is 2.13. The fourth-order valence-corrected chi connectivity index (χ4v) is 1.65. The molecule has 0 heterocycles. The largest absolute Gasteiger partial charge is 0.293 e. The van der Waals surface area contributed by atoms with Crippen molar-refractivity contribution in [2.45, 2.75) is 0 Å². The van der Waals surface area contributed by atoms with Gasteiger partial charge >= 0.3 is 0 Å². The van der Waals surface area contributed by atoms with Crippen LogP contribution in [0.15, 0.2) is 12.1 Å². The zero-order valence-electron chi connectivity index (χ0n) is 6.85. The summed E-state index contributed by atoms with van der Waals surface area (Å²) in [4.78, 5) is 11.1. The summed E-state index contributed by atoms with van der Waals surface area (Å²) in [6, 6.07) is 4.20. The van der Waals surface area contributed by atoms with Crippen LogP contribution >= 0.6 is 34.2 Å². The number of hydrogen-bond acceptors (Lipinski definition) is 2. The summed E-state index contributed by atoms with van der Waals surface area (Å²) in [5, 5.41) is 8.60. The zero-order chi connectivity index (χ0) is 10.7. The molecule has 0 aromatic heterocycles. The molecule has 0 saturated carbocycles. The van der Waals surface area contributed by atoms with E-state index in [-0.39, 0.29) is 17.0 Å². The lowest BCUT2D eigenvalue weighted by atomic mass is 10.1. The maximum atomic E-state index is 13.2. The van der Waals surface area contributed by atoms with E-state index >= 15 is 0 Å². The summed E-state index contributed by atoms with van der Waals surface area (Å²) < 4.78 is 13.8. The summed E-state index contributed by atoms with van der Waals surface area (Å²) >= 11 is 7.17. The van der Waals surface area contributed by atoms with Gasteiger partial charge in [0, 0.05) is 3.57 Å². The van der Waals surface area contributed by atoms with E-state index in [0.29, 0.717) is 3.57 Å². The quantitative estimate of drug-likeness (QED) is 0.477. The van der Waals surface area contributed by atoms with Crippen LogP contribution in [0, 0.1) is 20.7 Å². The lowest BCUT2D eigenvalue weighted by molar-refractivity contribution is 0.101. The lowest BCUT2D eigenvalue weighted by Gasteiger charge is -2.01. The number of nitriles is 1. The van der Waals surface area contributed by atoms with Gasteiger partial charge in [0.05, 0.1) is 17.0 Å². The molecule has 0 aliphatic heterocycles. The summed E-state index contributed by atoms with van der Waals surface area (Å²) in [7, 11) is 0. The fourth-order valence-electron chi connectivity index (χ4n) is 0.918. The van der Waals surface area contributed by atoms with E-state index in [1.165, 1.54) is 6.07 Å². The van der Waals surface area contributed by atoms with Crippen LogP contribution in [0.1, 0.15) is 15.9 Å². The average Bonchev–Trinajstić information content (AvgIpc) is 2.19. The van der Waals surface area contributed by atoms with Crippen LogP contribution in [-0.4, -0.2) is 11.7 Å². The van der Waals surface area contributed by atoms with Crippen molar-refractivity contribution in [3.63, 3.8) is 0 Å². The molecule has 0 unspecified atom stereocenters. The Kier molecular flexibility index (Phi) is 3.84. The summed E-state index contributed by atoms with van der Waals surface area (Å²) in [5.74, 6) is -1.45. The molecule has 72 valence electrons. The van der Waals surface area contributed by atoms with Crippen molar-refractivity contribution in [2.24, 2.45) is 0 Å². The molecule has 0 amide bonds. The molecule has 1 rings (SSSR count). The Balaban J connectivity index is 3.30. The Morgan fingerprint density at radius 2 is 2.29 bits per heavy atom. The maximum Gasteiger partial charge on any atom is 0.180 e.